The van der Waals surface area contributed by atoms with Crippen LogP contribution in [0.2, 0.25) is 5.02 Å². The van der Waals surface area contributed by atoms with E-state index in [9.17, 15) is 9.59 Å². The zero-order chi connectivity index (χ0) is 25.1. The van der Waals surface area contributed by atoms with Crippen molar-refractivity contribution < 1.29 is 14.3 Å². The molecule has 0 bridgehead atoms. The van der Waals surface area contributed by atoms with Gasteiger partial charge in [-0.2, -0.15) is 4.68 Å². The Morgan fingerprint density at radius 2 is 1.69 bits per heavy atom. The molecule has 0 radical (unpaired) electrons. The number of carbonyl (C=O) groups is 2. The van der Waals surface area contributed by atoms with E-state index in [4.69, 9.17) is 16.3 Å². The summed E-state index contributed by atoms with van der Waals surface area (Å²) < 4.78 is 6.79. The molecule has 1 aromatic heterocycles. The third kappa shape index (κ3) is 4.76. The highest BCUT2D eigenvalue weighted by Gasteiger charge is 2.34. The second-order valence-corrected chi connectivity index (χ2v) is 8.93. The van der Waals surface area contributed by atoms with Crippen LogP contribution in [0.3, 0.4) is 0 Å². The van der Waals surface area contributed by atoms with Gasteiger partial charge in [0.05, 0.1) is 12.3 Å². The molecule has 1 atom stereocenters. The molecule has 36 heavy (non-hydrogen) atoms. The number of anilines is 1. The molecule has 10 nitrogen and oxygen atoms in total. The summed E-state index contributed by atoms with van der Waals surface area (Å²) in [6, 6.07) is 17.2. The monoisotopic (exact) mass is 507 g/mol. The van der Waals surface area contributed by atoms with Gasteiger partial charge >= 0.3 is 6.09 Å². The summed E-state index contributed by atoms with van der Waals surface area (Å²) in [6.45, 7) is 3.91. The van der Waals surface area contributed by atoms with Gasteiger partial charge in [-0.15, -0.1) is 0 Å². The Labute approximate surface area is 213 Å². The molecule has 1 fully saturated rings. The van der Waals surface area contributed by atoms with E-state index in [0.29, 0.717) is 43.8 Å². The zero-order valence-corrected chi connectivity index (χ0v) is 20.6. The fourth-order valence-electron chi connectivity index (χ4n) is 4.47. The van der Waals surface area contributed by atoms with Crippen molar-refractivity contribution >= 4 is 35.2 Å². The van der Waals surface area contributed by atoms with Gasteiger partial charge in [0.2, 0.25) is 5.91 Å². The number of ether oxygens (including phenoxy) is 1. The van der Waals surface area contributed by atoms with Gasteiger partial charge in [-0.25, -0.2) is 4.79 Å². The maximum Gasteiger partial charge on any atom is 0.409 e. The van der Waals surface area contributed by atoms with E-state index in [0.717, 1.165) is 16.8 Å². The molecule has 0 spiro atoms. The Bertz CT molecular complexity index is 1250. The smallest absolute Gasteiger partial charge is 0.409 e. The van der Waals surface area contributed by atoms with Crippen molar-refractivity contribution in [2.45, 2.75) is 13.0 Å². The first-order valence-corrected chi connectivity index (χ1v) is 12.2. The number of rotatable bonds is 5. The summed E-state index contributed by atoms with van der Waals surface area (Å²) in [5, 5.41) is 13.1. The zero-order valence-electron chi connectivity index (χ0n) is 19.8. The quantitative estimate of drug-likeness (QED) is 0.523. The Hall–Kier alpha value is -3.92. The summed E-state index contributed by atoms with van der Waals surface area (Å²) >= 11 is 6.11. The van der Waals surface area contributed by atoms with Gasteiger partial charge in [-0.1, -0.05) is 59.2 Å². The van der Waals surface area contributed by atoms with Gasteiger partial charge in [0, 0.05) is 31.2 Å². The predicted molar refractivity (Wildman–Crippen MR) is 134 cm³/mol. The van der Waals surface area contributed by atoms with Crippen LogP contribution in [-0.2, 0) is 9.53 Å². The van der Waals surface area contributed by atoms with Crippen LogP contribution in [0.15, 0.2) is 60.7 Å². The van der Waals surface area contributed by atoms with Gasteiger partial charge in [0.25, 0.3) is 5.95 Å². The summed E-state index contributed by atoms with van der Waals surface area (Å²) in [5.74, 6) is 0.412. The fourth-order valence-corrected chi connectivity index (χ4v) is 4.59. The number of piperazine rings is 1. The molecular formula is C25H26ClN7O3. The number of amides is 2. The number of fused-ring (bicyclic) bond motifs is 1. The van der Waals surface area contributed by atoms with Crippen LogP contribution in [0.4, 0.5) is 10.7 Å². The van der Waals surface area contributed by atoms with Gasteiger partial charge in [0.1, 0.15) is 12.6 Å². The van der Waals surface area contributed by atoms with Gasteiger partial charge in [-0.3, -0.25) is 9.69 Å². The molecule has 2 aliphatic rings. The van der Waals surface area contributed by atoms with E-state index in [2.05, 4.69) is 21.6 Å². The van der Waals surface area contributed by atoms with E-state index < -0.39 is 0 Å². The highest BCUT2D eigenvalue weighted by Crippen LogP contribution is 2.36. The summed E-state index contributed by atoms with van der Waals surface area (Å²) in [4.78, 5) is 30.7. The minimum atomic E-state index is -0.345. The normalized spacial score (nSPS) is 17.4. The molecule has 5 rings (SSSR count). The molecule has 2 amide bonds. The van der Waals surface area contributed by atoms with Crippen LogP contribution in [0.25, 0.3) is 5.70 Å². The number of benzene rings is 2. The van der Waals surface area contributed by atoms with Crippen LogP contribution >= 0.6 is 11.6 Å². The molecule has 1 saturated heterocycles. The van der Waals surface area contributed by atoms with Crippen molar-refractivity contribution in [2.75, 3.05) is 44.2 Å². The Morgan fingerprint density at radius 3 is 2.39 bits per heavy atom. The number of carbonyl (C=O) groups excluding carboxylic acids is 2. The van der Waals surface area contributed by atoms with Crippen LogP contribution < -0.4 is 4.90 Å². The molecule has 3 heterocycles. The van der Waals surface area contributed by atoms with Crippen molar-refractivity contribution in [3.63, 3.8) is 0 Å². The first-order chi connectivity index (χ1) is 17.5. The number of tetrazole rings is 1. The van der Waals surface area contributed by atoms with E-state index in [1.165, 1.54) is 0 Å². The molecule has 0 unspecified atom stereocenters. The van der Waals surface area contributed by atoms with Crippen LogP contribution in [0.5, 0.6) is 0 Å². The Kier molecular flexibility index (Phi) is 6.86. The lowest BCUT2D eigenvalue weighted by molar-refractivity contribution is -0.131. The van der Waals surface area contributed by atoms with Crippen LogP contribution in [0, 0.1) is 0 Å². The van der Waals surface area contributed by atoms with Crippen molar-refractivity contribution in [1.29, 1.82) is 0 Å². The minimum absolute atomic E-state index is 0.0633. The lowest BCUT2D eigenvalue weighted by Gasteiger charge is -2.37. The van der Waals surface area contributed by atoms with Gasteiger partial charge < -0.3 is 14.5 Å². The first-order valence-electron chi connectivity index (χ1n) is 11.8. The highest BCUT2D eigenvalue weighted by molar-refractivity contribution is 6.30. The number of nitrogens with zero attached hydrogens (tertiary/aromatic N) is 7. The predicted octanol–water partition coefficient (Wildman–Crippen LogP) is 3.08. The van der Waals surface area contributed by atoms with E-state index in [-0.39, 0.29) is 24.6 Å². The number of allylic oxidation sites excluding steroid dienone is 1. The molecule has 3 aromatic rings. The molecule has 2 aromatic carbocycles. The maximum atomic E-state index is 13.4. The van der Waals surface area contributed by atoms with Crippen LogP contribution in [0.1, 0.15) is 24.1 Å². The molecule has 2 aliphatic heterocycles. The third-order valence-corrected chi connectivity index (χ3v) is 6.57. The Morgan fingerprint density at radius 1 is 1.00 bits per heavy atom. The van der Waals surface area contributed by atoms with Crippen molar-refractivity contribution in [1.82, 2.24) is 30.0 Å². The SMILES string of the molecule is CCOC(=O)N1CCN(C(=O)CN2C(c3ccccc3)=C[C@H](c3ccc(Cl)cc3)n3nnnc32)CC1. The first kappa shape index (κ1) is 23.8. The number of halogens is 1. The molecule has 0 saturated carbocycles. The minimum Gasteiger partial charge on any atom is -0.450 e. The Balaban J connectivity index is 1.42. The van der Waals surface area contributed by atoms with Gasteiger partial charge in [-0.05, 0) is 46.7 Å². The second-order valence-electron chi connectivity index (χ2n) is 8.49. The molecule has 186 valence electrons. The lowest BCUT2D eigenvalue weighted by Crippen LogP contribution is -2.53. The molecule has 0 N–H and O–H groups in total. The number of aromatic nitrogens is 4. The van der Waals surface area contributed by atoms with E-state index in [1.807, 2.05) is 59.5 Å². The summed E-state index contributed by atoms with van der Waals surface area (Å²) in [5.41, 5.74) is 2.77. The van der Waals surface area contributed by atoms with Crippen LogP contribution in [-0.4, -0.2) is 81.3 Å². The summed E-state index contributed by atoms with van der Waals surface area (Å²) in [6.07, 6.45) is 1.72. The average molecular weight is 508 g/mol. The molecular weight excluding hydrogens is 482 g/mol. The van der Waals surface area contributed by atoms with Crippen molar-refractivity contribution in [3.8, 4) is 0 Å². The topological polar surface area (TPSA) is 96.7 Å². The maximum absolute atomic E-state index is 13.4. The molecule has 0 aliphatic carbocycles. The second kappa shape index (κ2) is 10.4. The van der Waals surface area contributed by atoms with Gasteiger partial charge in [0.15, 0.2) is 0 Å². The summed E-state index contributed by atoms with van der Waals surface area (Å²) in [7, 11) is 0. The van der Waals surface area contributed by atoms with Crippen molar-refractivity contribution in [2.24, 2.45) is 0 Å². The number of hydrogen-bond acceptors (Lipinski definition) is 7. The van der Waals surface area contributed by atoms with E-state index >= 15 is 0 Å². The fraction of sp³-hybridized carbons (Fsp3) is 0.320. The lowest BCUT2D eigenvalue weighted by atomic mass is 10.0. The third-order valence-electron chi connectivity index (χ3n) is 6.32. The largest absolute Gasteiger partial charge is 0.450 e. The number of hydrogen-bond donors (Lipinski definition) is 0. The van der Waals surface area contributed by atoms with E-state index in [1.54, 1.807) is 21.4 Å². The highest BCUT2D eigenvalue weighted by atomic mass is 35.5. The molecule has 11 heteroatoms. The van der Waals surface area contributed by atoms with Crippen molar-refractivity contribution in [3.05, 3.63) is 76.8 Å². The average Bonchev–Trinajstić information content (AvgIpc) is 3.40. The standard InChI is InChI=1S/C25H26ClN7O3/c1-2-36-25(35)31-14-12-30(13-15-31)23(34)17-32-21(18-6-4-3-5-7-18)16-22(33-24(32)27-28-29-33)19-8-10-20(26)11-9-19/h3-11,16,22H,2,12-15,17H2,1H3/t22-/m1/s1.